The van der Waals surface area contributed by atoms with Crippen LogP contribution >= 0.6 is 0 Å². The standard InChI is InChI=1S/C31H41N3O5S/c1-2-23(19-26-21-33-29-9-4-3-8-28(26)29)22-40(37,38)34-30(31(35)36)20-25-10-12-27(13-11-25)39-18-6-5-7-24-14-16-32-17-15-24/h3-4,8-13,21-22,24,30,32-34H,2,5-7,14-20H2,1H3,(H,35,36)/b23-22-. The highest BCUT2D eigenvalue weighted by atomic mass is 32.2. The van der Waals surface area contributed by atoms with Crippen molar-refractivity contribution in [1.29, 1.82) is 0 Å². The number of hydrogen-bond acceptors (Lipinski definition) is 5. The number of nitrogens with one attached hydrogen (secondary N) is 3. The molecule has 0 amide bonds. The molecule has 1 unspecified atom stereocenters. The smallest absolute Gasteiger partial charge is 0.322 e. The second-order valence-corrected chi connectivity index (χ2v) is 12.2. The number of fused-ring (bicyclic) bond motifs is 1. The van der Waals surface area contributed by atoms with Crippen molar-refractivity contribution in [1.82, 2.24) is 15.0 Å². The minimum absolute atomic E-state index is 0.0306. The van der Waals surface area contributed by atoms with Gasteiger partial charge in [-0.05, 0) is 93.3 Å². The quantitative estimate of drug-likeness (QED) is 0.188. The minimum Gasteiger partial charge on any atom is -0.494 e. The van der Waals surface area contributed by atoms with Crippen LogP contribution in [-0.2, 0) is 27.7 Å². The van der Waals surface area contributed by atoms with E-state index >= 15 is 0 Å². The summed E-state index contributed by atoms with van der Waals surface area (Å²) in [7, 11) is -3.98. The summed E-state index contributed by atoms with van der Waals surface area (Å²) in [4.78, 5) is 15.2. The van der Waals surface area contributed by atoms with Gasteiger partial charge in [0.15, 0.2) is 0 Å². The lowest BCUT2D eigenvalue weighted by Gasteiger charge is -2.22. The maximum atomic E-state index is 12.9. The van der Waals surface area contributed by atoms with Crippen LogP contribution in [0.25, 0.3) is 10.9 Å². The lowest BCUT2D eigenvalue weighted by atomic mass is 9.93. The first kappa shape index (κ1) is 29.8. The number of ether oxygens (including phenoxy) is 1. The van der Waals surface area contributed by atoms with Crippen LogP contribution in [0.15, 0.2) is 65.7 Å². The van der Waals surface area contributed by atoms with E-state index in [1.54, 1.807) is 12.1 Å². The number of carboxylic acids is 1. The number of carboxylic acid groups (broad SMARTS) is 1. The van der Waals surface area contributed by atoms with Crippen molar-refractivity contribution >= 4 is 26.9 Å². The number of hydrogen-bond donors (Lipinski definition) is 4. The highest BCUT2D eigenvalue weighted by molar-refractivity contribution is 7.92. The molecule has 9 heteroatoms. The summed E-state index contributed by atoms with van der Waals surface area (Å²) < 4.78 is 34.1. The van der Waals surface area contributed by atoms with E-state index in [9.17, 15) is 18.3 Å². The lowest BCUT2D eigenvalue weighted by Crippen LogP contribution is -2.41. The van der Waals surface area contributed by atoms with Crippen molar-refractivity contribution in [2.75, 3.05) is 19.7 Å². The van der Waals surface area contributed by atoms with Crippen molar-refractivity contribution in [2.24, 2.45) is 5.92 Å². The van der Waals surface area contributed by atoms with Gasteiger partial charge in [0.25, 0.3) is 0 Å². The van der Waals surface area contributed by atoms with Crippen LogP contribution < -0.4 is 14.8 Å². The van der Waals surface area contributed by atoms with Gasteiger partial charge in [0.05, 0.1) is 6.61 Å². The summed E-state index contributed by atoms with van der Waals surface area (Å²) in [5.74, 6) is 0.329. The van der Waals surface area contributed by atoms with E-state index in [-0.39, 0.29) is 6.42 Å². The molecule has 0 bridgehead atoms. The van der Waals surface area contributed by atoms with Gasteiger partial charge in [0.1, 0.15) is 11.8 Å². The Labute approximate surface area is 237 Å². The molecule has 0 aliphatic carbocycles. The third-order valence-corrected chi connectivity index (χ3v) is 8.83. The van der Waals surface area contributed by atoms with Crippen molar-refractivity contribution < 1.29 is 23.1 Å². The van der Waals surface area contributed by atoms with Crippen LogP contribution in [-0.4, -0.2) is 50.2 Å². The zero-order chi connectivity index (χ0) is 28.4. The lowest BCUT2D eigenvalue weighted by molar-refractivity contribution is -0.138. The normalized spacial score (nSPS) is 15.8. The summed E-state index contributed by atoms with van der Waals surface area (Å²) in [6.07, 6.45) is 8.82. The van der Waals surface area contributed by atoms with Crippen molar-refractivity contribution in [3.63, 3.8) is 0 Å². The van der Waals surface area contributed by atoms with Crippen molar-refractivity contribution in [3.05, 3.63) is 76.8 Å². The van der Waals surface area contributed by atoms with E-state index in [0.29, 0.717) is 30.6 Å². The van der Waals surface area contributed by atoms with Gasteiger partial charge in [-0.1, -0.05) is 49.2 Å². The topological polar surface area (TPSA) is 121 Å². The van der Waals surface area contributed by atoms with Gasteiger partial charge in [0, 0.05) is 22.5 Å². The highest BCUT2D eigenvalue weighted by Gasteiger charge is 2.24. The Morgan fingerprint density at radius 1 is 1.12 bits per heavy atom. The number of allylic oxidation sites excluding steroid dienone is 1. The van der Waals surface area contributed by atoms with Gasteiger partial charge in [0.2, 0.25) is 10.0 Å². The van der Waals surface area contributed by atoms with Crippen LogP contribution in [0, 0.1) is 5.92 Å². The number of aromatic amines is 1. The molecule has 1 aliphatic heterocycles. The zero-order valence-corrected chi connectivity index (χ0v) is 24.0. The molecule has 0 saturated carbocycles. The largest absolute Gasteiger partial charge is 0.494 e. The second kappa shape index (κ2) is 14.5. The van der Waals surface area contributed by atoms with Gasteiger partial charge in [-0.2, -0.15) is 4.72 Å². The van der Waals surface area contributed by atoms with Gasteiger partial charge < -0.3 is 20.1 Å². The molecule has 1 aliphatic rings. The number of rotatable bonds is 15. The summed E-state index contributed by atoms with van der Waals surface area (Å²) in [6.45, 7) is 4.79. The number of piperidine rings is 1. The number of para-hydroxylation sites is 1. The molecule has 1 atom stereocenters. The molecule has 40 heavy (non-hydrogen) atoms. The maximum absolute atomic E-state index is 12.9. The first-order valence-corrected chi connectivity index (χ1v) is 15.8. The third-order valence-electron chi connectivity index (χ3n) is 7.57. The molecule has 1 fully saturated rings. The molecule has 216 valence electrons. The van der Waals surface area contributed by atoms with Crippen LogP contribution in [0.4, 0.5) is 0 Å². The predicted octanol–water partition coefficient (Wildman–Crippen LogP) is 5.17. The number of aliphatic carboxylic acids is 1. The molecule has 4 rings (SSSR count). The molecule has 0 spiro atoms. The molecule has 2 aromatic carbocycles. The molecule has 2 heterocycles. The van der Waals surface area contributed by atoms with Crippen LogP contribution in [0.5, 0.6) is 5.75 Å². The van der Waals surface area contributed by atoms with Crippen LogP contribution in [0.3, 0.4) is 0 Å². The maximum Gasteiger partial charge on any atom is 0.322 e. The molecule has 1 aromatic heterocycles. The van der Waals surface area contributed by atoms with E-state index in [1.807, 2.05) is 49.5 Å². The summed E-state index contributed by atoms with van der Waals surface area (Å²) in [6, 6.07) is 13.8. The molecule has 1 saturated heterocycles. The van der Waals surface area contributed by atoms with Gasteiger partial charge in [-0.15, -0.1) is 0 Å². The Morgan fingerprint density at radius 3 is 2.60 bits per heavy atom. The second-order valence-electron chi connectivity index (χ2n) is 10.6. The SMILES string of the molecule is CC/C(=C/S(=O)(=O)NC(Cc1ccc(OCCCCC2CCNCC2)cc1)C(=O)O)Cc1c[nH]c2ccccc12. The number of benzene rings is 2. The summed E-state index contributed by atoms with van der Waals surface area (Å²) in [5.41, 5.74) is 3.40. The number of aromatic nitrogens is 1. The Kier molecular flexibility index (Phi) is 10.8. The Hall–Kier alpha value is -3.14. The zero-order valence-electron chi connectivity index (χ0n) is 23.2. The fourth-order valence-electron chi connectivity index (χ4n) is 5.26. The Balaban J connectivity index is 1.29. The number of sulfonamides is 1. The molecule has 4 N–H and O–H groups in total. The Bertz CT molecular complexity index is 1380. The fourth-order valence-corrected chi connectivity index (χ4v) is 6.59. The number of unbranched alkanes of at least 4 members (excludes halogenated alkanes) is 1. The van der Waals surface area contributed by atoms with E-state index < -0.39 is 22.0 Å². The van der Waals surface area contributed by atoms with Gasteiger partial charge in [-0.25, -0.2) is 8.42 Å². The average Bonchev–Trinajstić information content (AvgIpc) is 3.36. The highest BCUT2D eigenvalue weighted by Crippen LogP contribution is 2.23. The van der Waals surface area contributed by atoms with Gasteiger partial charge >= 0.3 is 5.97 Å². The van der Waals surface area contributed by atoms with Crippen LogP contribution in [0.1, 0.15) is 56.6 Å². The number of carbonyl (C=O) groups is 1. The predicted molar refractivity (Wildman–Crippen MR) is 159 cm³/mol. The minimum atomic E-state index is -3.98. The summed E-state index contributed by atoms with van der Waals surface area (Å²) >= 11 is 0. The fraction of sp³-hybridized carbons (Fsp3) is 0.452. The molecular formula is C31H41N3O5S. The Morgan fingerprint density at radius 2 is 1.88 bits per heavy atom. The first-order valence-electron chi connectivity index (χ1n) is 14.2. The third kappa shape index (κ3) is 8.94. The van der Waals surface area contributed by atoms with E-state index in [1.165, 1.54) is 24.7 Å². The van der Waals surface area contributed by atoms with Crippen LogP contribution in [0.2, 0.25) is 0 Å². The van der Waals surface area contributed by atoms with Crippen molar-refractivity contribution in [3.8, 4) is 5.75 Å². The molecular weight excluding hydrogens is 526 g/mol. The van der Waals surface area contributed by atoms with Crippen molar-refractivity contribution in [2.45, 2.75) is 64.3 Å². The molecule has 0 radical (unpaired) electrons. The van der Waals surface area contributed by atoms with E-state index in [2.05, 4.69) is 15.0 Å². The van der Waals surface area contributed by atoms with E-state index in [4.69, 9.17) is 4.74 Å². The van der Waals surface area contributed by atoms with Gasteiger partial charge in [-0.3, -0.25) is 4.79 Å². The monoisotopic (exact) mass is 567 g/mol. The number of H-pyrrole nitrogens is 1. The van der Waals surface area contributed by atoms with E-state index in [0.717, 1.165) is 54.1 Å². The molecule has 3 aromatic rings. The first-order chi connectivity index (χ1) is 19.3. The average molecular weight is 568 g/mol. The summed E-state index contributed by atoms with van der Waals surface area (Å²) in [5, 5.41) is 15.4. The molecule has 8 nitrogen and oxygen atoms in total.